The Balaban J connectivity index is 2.59. The second-order valence-corrected chi connectivity index (χ2v) is 3.60. The zero-order valence-corrected chi connectivity index (χ0v) is 10.3. The first-order valence-corrected chi connectivity index (χ1v) is 5.42. The van der Waals surface area contributed by atoms with E-state index in [-0.39, 0.29) is 5.97 Å². The predicted octanol–water partition coefficient (Wildman–Crippen LogP) is 1.95. The third-order valence-corrected chi connectivity index (χ3v) is 2.22. The van der Waals surface area contributed by atoms with E-state index in [0.29, 0.717) is 17.2 Å². The minimum Gasteiger partial charge on any atom is -0.465 e. The summed E-state index contributed by atoms with van der Waals surface area (Å²) in [5, 5.41) is 6.43. The van der Waals surface area contributed by atoms with Crippen LogP contribution in [0.25, 0.3) is 0 Å². The summed E-state index contributed by atoms with van der Waals surface area (Å²) in [7, 11) is 1.35. The molecule has 0 spiro atoms. The topological polar surface area (TPSA) is 50.4 Å². The third-order valence-electron chi connectivity index (χ3n) is 1.97. The largest absolute Gasteiger partial charge is 0.465 e. The fraction of sp³-hybridized carbons (Fsp3) is 0.167. The Hall–Kier alpha value is -1.88. The highest BCUT2D eigenvalue weighted by Crippen LogP contribution is 2.10. The lowest BCUT2D eigenvalue weighted by atomic mass is 10.2. The van der Waals surface area contributed by atoms with Gasteiger partial charge >= 0.3 is 5.97 Å². The SMILES string of the molecule is C=CCNC(=S)Nc1ccc(C(=O)OC)cc1. The molecule has 0 aliphatic rings. The van der Waals surface area contributed by atoms with Gasteiger partial charge in [-0.25, -0.2) is 4.79 Å². The third kappa shape index (κ3) is 4.24. The summed E-state index contributed by atoms with van der Waals surface area (Å²) in [6, 6.07) is 6.86. The van der Waals surface area contributed by atoms with Crippen molar-refractivity contribution in [1.29, 1.82) is 0 Å². The highest BCUT2D eigenvalue weighted by atomic mass is 32.1. The number of hydrogen-bond acceptors (Lipinski definition) is 3. The van der Waals surface area contributed by atoms with E-state index in [1.165, 1.54) is 7.11 Å². The molecule has 1 aromatic carbocycles. The average molecular weight is 250 g/mol. The van der Waals surface area contributed by atoms with Crippen molar-refractivity contribution in [3.8, 4) is 0 Å². The van der Waals surface area contributed by atoms with Gasteiger partial charge in [-0.3, -0.25) is 0 Å². The van der Waals surface area contributed by atoms with Crippen molar-refractivity contribution < 1.29 is 9.53 Å². The number of thiocarbonyl (C=S) groups is 1. The Bertz CT molecular complexity index is 415. The Morgan fingerprint density at radius 2 is 2.12 bits per heavy atom. The molecule has 0 bridgehead atoms. The maximum Gasteiger partial charge on any atom is 0.337 e. The van der Waals surface area contributed by atoms with Crippen molar-refractivity contribution in [3.63, 3.8) is 0 Å². The van der Waals surface area contributed by atoms with Crippen molar-refractivity contribution in [1.82, 2.24) is 5.32 Å². The molecule has 5 heteroatoms. The number of hydrogen-bond donors (Lipinski definition) is 2. The summed E-state index contributed by atoms with van der Waals surface area (Å²) < 4.78 is 4.60. The van der Waals surface area contributed by atoms with E-state index >= 15 is 0 Å². The summed E-state index contributed by atoms with van der Waals surface area (Å²) in [4.78, 5) is 11.2. The predicted molar refractivity (Wildman–Crippen MR) is 72.2 cm³/mol. The highest BCUT2D eigenvalue weighted by molar-refractivity contribution is 7.80. The Kier molecular flexibility index (Phi) is 5.16. The Morgan fingerprint density at radius 3 is 2.65 bits per heavy atom. The summed E-state index contributed by atoms with van der Waals surface area (Å²) in [6.07, 6.45) is 1.72. The Labute approximate surface area is 106 Å². The van der Waals surface area contributed by atoms with Crippen LogP contribution in [0.3, 0.4) is 0 Å². The lowest BCUT2D eigenvalue weighted by Crippen LogP contribution is -2.28. The molecule has 0 aliphatic heterocycles. The van der Waals surface area contributed by atoms with Gasteiger partial charge in [0.05, 0.1) is 12.7 Å². The first-order valence-electron chi connectivity index (χ1n) is 5.01. The van der Waals surface area contributed by atoms with Crippen LogP contribution in [0.2, 0.25) is 0 Å². The van der Waals surface area contributed by atoms with Crippen LogP contribution in [0.4, 0.5) is 5.69 Å². The first kappa shape index (κ1) is 13.2. The van der Waals surface area contributed by atoms with Crippen LogP contribution in [-0.2, 0) is 4.74 Å². The molecule has 0 saturated carbocycles. The lowest BCUT2D eigenvalue weighted by molar-refractivity contribution is 0.0601. The molecule has 4 nitrogen and oxygen atoms in total. The summed E-state index contributed by atoms with van der Waals surface area (Å²) in [5.41, 5.74) is 1.31. The van der Waals surface area contributed by atoms with Crippen LogP contribution in [0.5, 0.6) is 0 Å². The van der Waals surface area contributed by atoms with Gasteiger partial charge in [0, 0.05) is 12.2 Å². The second-order valence-electron chi connectivity index (χ2n) is 3.19. The van der Waals surface area contributed by atoms with E-state index in [0.717, 1.165) is 5.69 Å². The van der Waals surface area contributed by atoms with Crippen LogP contribution in [0.15, 0.2) is 36.9 Å². The number of ether oxygens (including phenoxy) is 1. The number of methoxy groups -OCH3 is 1. The molecule has 90 valence electrons. The van der Waals surface area contributed by atoms with Crippen LogP contribution in [0.1, 0.15) is 10.4 Å². The molecule has 0 aliphatic carbocycles. The normalized spacial score (nSPS) is 9.24. The number of esters is 1. The molecule has 0 saturated heterocycles. The average Bonchev–Trinajstić information content (AvgIpc) is 2.36. The molecule has 0 aromatic heterocycles. The maximum atomic E-state index is 11.2. The molecule has 0 unspecified atom stereocenters. The fourth-order valence-corrected chi connectivity index (χ4v) is 1.35. The van der Waals surface area contributed by atoms with Crippen molar-refractivity contribution in [2.75, 3.05) is 19.0 Å². The first-order chi connectivity index (χ1) is 8.17. The summed E-state index contributed by atoms with van der Waals surface area (Å²) >= 11 is 5.05. The molecule has 0 heterocycles. The molecule has 0 fully saturated rings. The van der Waals surface area contributed by atoms with Crippen LogP contribution in [0, 0.1) is 0 Å². The number of rotatable bonds is 4. The van der Waals surface area contributed by atoms with E-state index in [9.17, 15) is 4.79 Å². The van der Waals surface area contributed by atoms with Crippen molar-refractivity contribution in [2.45, 2.75) is 0 Å². The maximum absolute atomic E-state index is 11.2. The van der Waals surface area contributed by atoms with E-state index in [2.05, 4.69) is 21.9 Å². The summed E-state index contributed by atoms with van der Waals surface area (Å²) in [5.74, 6) is -0.357. The molecule has 17 heavy (non-hydrogen) atoms. The molecular weight excluding hydrogens is 236 g/mol. The molecule has 0 radical (unpaired) electrons. The van der Waals surface area contributed by atoms with Crippen LogP contribution >= 0.6 is 12.2 Å². The lowest BCUT2D eigenvalue weighted by Gasteiger charge is -2.09. The molecule has 2 N–H and O–H groups in total. The van der Waals surface area contributed by atoms with Gasteiger partial charge < -0.3 is 15.4 Å². The van der Waals surface area contributed by atoms with Gasteiger partial charge in [0.25, 0.3) is 0 Å². The fourth-order valence-electron chi connectivity index (χ4n) is 1.15. The minimum absolute atomic E-state index is 0.357. The van der Waals surface area contributed by atoms with Gasteiger partial charge in [-0.05, 0) is 36.5 Å². The second kappa shape index (κ2) is 6.65. The zero-order chi connectivity index (χ0) is 12.7. The van der Waals surface area contributed by atoms with E-state index in [1.54, 1.807) is 30.3 Å². The zero-order valence-electron chi connectivity index (χ0n) is 9.53. The number of benzene rings is 1. The van der Waals surface area contributed by atoms with Crippen molar-refractivity contribution in [3.05, 3.63) is 42.5 Å². The number of anilines is 1. The number of carbonyl (C=O) groups is 1. The minimum atomic E-state index is -0.357. The monoisotopic (exact) mass is 250 g/mol. The van der Waals surface area contributed by atoms with Gasteiger partial charge in [0.1, 0.15) is 0 Å². The van der Waals surface area contributed by atoms with E-state index < -0.39 is 0 Å². The Morgan fingerprint density at radius 1 is 1.47 bits per heavy atom. The van der Waals surface area contributed by atoms with Crippen molar-refractivity contribution >= 4 is 29.0 Å². The van der Waals surface area contributed by atoms with Gasteiger partial charge in [-0.2, -0.15) is 0 Å². The molecule has 0 amide bonds. The van der Waals surface area contributed by atoms with E-state index in [4.69, 9.17) is 12.2 Å². The number of carbonyl (C=O) groups excluding carboxylic acids is 1. The van der Waals surface area contributed by atoms with Gasteiger partial charge in [-0.15, -0.1) is 6.58 Å². The van der Waals surface area contributed by atoms with Gasteiger partial charge in [0.15, 0.2) is 5.11 Å². The van der Waals surface area contributed by atoms with Crippen LogP contribution < -0.4 is 10.6 Å². The molecule has 0 atom stereocenters. The van der Waals surface area contributed by atoms with Crippen molar-refractivity contribution in [2.24, 2.45) is 0 Å². The van der Waals surface area contributed by atoms with E-state index in [1.807, 2.05) is 0 Å². The molecule has 1 aromatic rings. The highest BCUT2D eigenvalue weighted by Gasteiger charge is 2.04. The van der Waals surface area contributed by atoms with Gasteiger partial charge in [0.2, 0.25) is 0 Å². The van der Waals surface area contributed by atoms with Gasteiger partial charge in [-0.1, -0.05) is 6.08 Å². The molecule has 1 rings (SSSR count). The van der Waals surface area contributed by atoms with Crippen LogP contribution in [-0.4, -0.2) is 24.7 Å². The standard InChI is InChI=1S/C12H14N2O2S/c1-3-8-13-12(17)14-10-6-4-9(5-7-10)11(15)16-2/h3-7H,1,8H2,2H3,(H2,13,14,17). The number of nitrogens with one attached hydrogen (secondary N) is 2. The smallest absolute Gasteiger partial charge is 0.337 e. The summed E-state index contributed by atoms with van der Waals surface area (Å²) in [6.45, 7) is 4.18. The quantitative estimate of drug-likeness (QED) is 0.486. The molecular formula is C12H14N2O2S.